The monoisotopic (exact) mass is 658 g/mol. The van der Waals surface area contributed by atoms with E-state index in [0.717, 1.165) is 102 Å². The highest BCUT2D eigenvalue weighted by Crippen LogP contribution is 2.34. The van der Waals surface area contributed by atoms with E-state index < -0.39 is 0 Å². The summed E-state index contributed by atoms with van der Waals surface area (Å²) in [6, 6.07) is 15.0. The molecule has 0 bridgehead atoms. The number of carbonyl (C=O) groups is 4. The highest BCUT2D eigenvalue weighted by molar-refractivity contribution is 5.92. The predicted molar refractivity (Wildman–Crippen MR) is 192 cm³/mol. The molecular formula is C38H54N6O4. The van der Waals surface area contributed by atoms with E-state index in [1.807, 2.05) is 48.5 Å². The highest BCUT2D eigenvalue weighted by Gasteiger charge is 2.33. The third-order valence-corrected chi connectivity index (χ3v) is 10.3. The molecule has 6 amide bonds. The molecule has 5 rings (SSSR count). The third-order valence-electron chi connectivity index (χ3n) is 10.3. The molecule has 0 radical (unpaired) electrons. The number of rotatable bonds is 10. The Bertz CT molecular complexity index is 1260. The van der Waals surface area contributed by atoms with Crippen LogP contribution in [0.2, 0.25) is 0 Å². The molecule has 0 unspecified atom stereocenters. The summed E-state index contributed by atoms with van der Waals surface area (Å²) in [6.45, 7) is 4.48. The van der Waals surface area contributed by atoms with Crippen LogP contribution in [0.15, 0.2) is 48.5 Å². The Kier molecular flexibility index (Phi) is 12.7. The van der Waals surface area contributed by atoms with Crippen LogP contribution in [0.1, 0.15) is 104 Å². The lowest BCUT2D eigenvalue weighted by Gasteiger charge is -2.40. The zero-order valence-electron chi connectivity index (χ0n) is 28.8. The summed E-state index contributed by atoms with van der Waals surface area (Å²) >= 11 is 0. The van der Waals surface area contributed by atoms with Crippen LogP contribution < -0.4 is 21.3 Å². The number of nitrogens with zero attached hydrogens (tertiary/aromatic N) is 2. The molecule has 260 valence electrons. The largest absolute Gasteiger partial charge is 0.326 e. The normalized spacial score (nSPS) is 20.3. The number of carbonyl (C=O) groups excluding carboxylic acids is 4. The lowest BCUT2D eigenvalue weighted by Crippen LogP contribution is -2.48. The summed E-state index contributed by atoms with van der Waals surface area (Å²) in [5, 5.41) is 11.8. The molecule has 0 aliphatic heterocycles. The first-order valence-electron chi connectivity index (χ1n) is 18.1. The minimum absolute atomic E-state index is 0.0402. The molecule has 3 saturated carbocycles. The van der Waals surface area contributed by atoms with Gasteiger partial charge in [0.05, 0.1) is 0 Å². The molecule has 3 aliphatic carbocycles. The Hall–Kier alpha value is -4.08. The van der Waals surface area contributed by atoms with E-state index in [9.17, 15) is 19.2 Å². The lowest BCUT2D eigenvalue weighted by atomic mass is 9.80. The molecule has 3 fully saturated rings. The van der Waals surface area contributed by atoms with Crippen molar-refractivity contribution in [1.82, 2.24) is 9.80 Å². The van der Waals surface area contributed by atoms with E-state index in [4.69, 9.17) is 0 Å². The maximum Gasteiger partial charge on any atom is 0.322 e. The highest BCUT2D eigenvalue weighted by atomic mass is 16.2. The van der Waals surface area contributed by atoms with Crippen LogP contribution in [0, 0.1) is 11.8 Å². The van der Waals surface area contributed by atoms with Crippen molar-refractivity contribution in [3.8, 4) is 0 Å². The van der Waals surface area contributed by atoms with Crippen LogP contribution in [-0.4, -0.2) is 58.8 Å². The number of hydrogen-bond donors (Lipinski definition) is 4. The van der Waals surface area contributed by atoms with Crippen molar-refractivity contribution in [3.05, 3.63) is 48.5 Å². The van der Waals surface area contributed by atoms with Crippen LogP contribution in [0.3, 0.4) is 0 Å². The van der Waals surface area contributed by atoms with Gasteiger partial charge in [-0.15, -0.1) is 0 Å². The van der Waals surface area contributed by atoms with Gasteiger partial charge < -0.3 is 31.1 Å². The number of amides is 6. The first-order valence-corrected chi connectivity index (χ1v) is 18.1. The summed E-state index contributed by atoms with van der Waals surface area (Å²) in [4.78, 5) is 54.4. The number of hydrogen-bond acceptors (Lipinski definition) is 4. The van der Waals surface area contributed by atoms with Gasteiger partial charge in [0.15, 0.2) is 0 Å². The lowest BCUT2D eigenvalue weighted by molar-refractivity contribution is -0.115. The second-order valence-corrected chi connectivity index (χ2v) is 14.2. The van der Waals surface area contributed by atoms with E-state index in [2.05, 4.69) is 31.1 Å². The fourth-order valence-electron chi connectivity index (χ4n) is 7.80. The van der Waals surface area contributed by atoms with Crippen molar-refractivity contribution >= 4 is 46.6 Å². The Balaban J connectivity index is 1.18. The van der Waals surface area contributed by atoms with Gasteiger partial charge in [-0.25, -0.2) is 9.59 Å². The molecule has 0 atom stereocenters. The minimum Gasteiger partial charge on any atom is -0.326 e. The van der Waals surface area contributed by atoms with Crippen molar-refractivity contribution in [1.29, 1.82) is 0 Å². The van der Waals surface area contributed by atoms with Crippen molar-refractivity contribution < 1.29 is 19.2 Å². The standard InChI is InChI=1S/C38H54N6O4/c1-27(45)39-31-17-21-33(22-18-31)41-37(47)43(35-9-5-3-6-10-35)25-29-13-15-30(16-14-29)26-44(36-11-7-4-8-12-36)38(48)42-34-23-19-32(20-24-34)40-28(2)46/h17-24,29-30,35-36H,3-16,25-26H2,1-2H3,(H,39,45)(H,40,46)(H,41,47)(H,42,48)/t29-,30-. The fraction of sp³-hybridized carbons (Fsp3) is 0.579. The van der Waals surface area contributed by atoms with E-state index in [-0.39, 0.29) is 36.0 Å². The Labute approximate surface area is 285 Å². The number of benzene rings is 2. The van der Waals surface area contributed by atoms with Crippen molar-refractivity contribution in [2.75, 3.05) is 34.4 Å². The maximum atomic E-state index is 13.7. The van der Waals surface area contributed by atoms with Gasteiger partial charge in [0.25, 0.3) is 0 Å². The van der Waals surface area contributed by atoms with Crippen LogP contribution in [0.4, 0.5) is 32.3 Å². The van der Waals surface area contributed by atoms with E-state index in [0.29, 0.717) is 23.2 Å². The predicted octanol–water partition coefficient (Wildman–Crippen LogP) is 8.44. The van der Waals surface area contributed by atoms with Gasteiger partial charge in [-0.3, -0.25) is 9.59 Å². The molecule has 0 aromatic heterocycles. The number of anilines is 4. The van der Waals surface area contributed by atoms with Crippen LogP contribution in [0.25, 0.3) is 0 Å². The van der Waals surface area contributed by atoms with Gasteiger partial charge in [-0.05, 0) is 112 Å². The number of nitrogens with one attached hydrogen (secondary N) is 4. The van der Waals surface area contributed by atoms with E-state index in [1.165, 1.54) is 26.7 Å². The molecule has 2 aromatic rings. The minimum atomic E-state index is -0.124. The van der Waals surface area contributed by atoms with Crippen LogP contribution in [-0.2, 0) is 9.59 Å². The molecule has 0 heterocycles. The second kappa shape index (κ2) is 17.4. The summed E-state index contributed by atoms with van der Waals surface area (Å²) in [7, 11) is 0. The molecule has 3 aliphatic rings. The quantitative estimate of drug-likeness (QED) is 0.205. The average Bonchev–Trinajstić information content (AvgIpc) is 3.08. The molecule has 4 N–H and O–H groups in total. The van der Waals surface area contributed by atoms with Gasteiger partial charge >= 0.3 is 12.1 Å². The van der Waals surface area contributed by atoms with Gasteiger partial charge in [0.1, 0.15) is 0 Å². The Morgan fingerprint density at radius 2 is 0.771 bits per heavy atom. The molecule has 0 spiro atoms. The van der Waals surface area contributed by atoms with Gasteiger partial charge in [-0.2, -0.15) is 0 Å². The van der Waals surface area contributed by atoms with Gasteiger partial charge in [0.2, 0.25) is 11.8 Å². The second-order valence-electron chi connectivity index (χ2n) is 14.2. The van der Waals surface area contributed by atoms with Crippen LogP contribution in [0.5, 0.6) is 0 Å². The summed E-state index contributed by atoms with van der Waals surface area (Å²) < 4.78 is 0. The molecule has 10 heteroatoms. The fourth-order valence-corrected chi connectivity index (χ4v) is 7.80. The molecule has 2 aromatic carbocycles. The van der Waals surface area contributed by atoms with Crippen LogP contribution >= 0.6 is 0 Å². The van der Waals surface area contributed by atoms with E-state index in [1.54, 1.807) is 0 Å². The average molecular weight is 659 g/mol. The zero-order valence-corrected chi connectivity index (χ0v) is 28.8. The van der Waals surface area contributed by atoms with Crippen molar-refractivity contribution in [3.63, 3.8) is 0 Å². The first-order chi connectivity index (χ1) is 23.2. The van der Waals surface area contributed by atoms with Gasteiger partial charge in [0, 0.05) is 61.8 Å². The SMILES string of the molecule is CC(=O)Nc1ccc(NC(=O)N(C[C@H]2CC[C@H](CN(C(=O)Nc3ccc(NC(C)=O)cc3)C3CCCCC3)CC2)C2CCCCC2)cc1. The van der Waals surface area contributed by atoms with Crippen molar-refractivity contribution in [2.24, 2.45) is 11.8 Å². The Morgan fingerprint density at radius 3 is 1.06 bits per heavy atom. The molecular weight excluding hydrogens is 604 g/mol. The van der Waals surface area contributed by atoms with Gasteiger partial charge in [-0.1, -0.05) is 38.5 Å². The Morgan fingerprint density at radius 1 is 0.479 bits per heavy atom. The molecule has 10 nitrogen and oxygen atoms in total. The van der Waals surface area contributed by atoms with E-state index >= 15 is 0 Å². The molecule has 48 heavy (non-hydrogen) atoms. The third kappa shape index (κ3) is 10.5. The smallest absolute Gasteiger partial charge is 0.322 e. The summed E-state index contributed by atoms with van der Waals surface area (Å²) in [5.41, 5.74) is 2.86. The first kappa shape index (κ1) is 35.2. The maximum absolute atomic E-state index is 13.7. The topological polar surface area (TPSA) is 123 Å². The zero-order chi connectivity index (χ0) is 33.9. The molecule has 0 saturated heterocycles. The summed E-state index contributed by atoms with van der Waals surface area (Å²) in [6.07, 6.45) is 15.5. The summed E-state index contributed by atoms with van der Waals surface area (Å²) in [5.74, 6) is 0.632. The number of urea groups is 2. The van der Waals surface area contributed by atoms with Crippen molar-refractivity contribution in [2.45, 2.75) is 116 Å².